The quantitative estimate of drug-likeness (QED) is 0.491. The van der Waals surface area contributed by atoms with Gasteiger partial charge in [-0.05, 0) is 48.6 Å². The molecule has 0 saturated carbocycles. The summed E-state index contributed by atoms with van der Waals surface area (Å²) in [6, 6.07) is 14.1. The summed E-state index contributed by atoms with van der Waals surface area (Å²) in [6.45, 7) is 0.764. The second-order valence-corrected chi connectivity index (χ2v) is 6.83. The van der Waals surface area contributed by atoms with Crippen molar-refractivity contribution in [2.45, 2.75) is 32.2 Å². The van der Waals surface area contributed by atoms with Gasteiger partial charge in [-0.2, -0.15) is 5.10 Å². The lowest BCUT2D eigenvalue weighted by Crippen LogP contribution is -2.12. The highest BCUT2D eigenvalue weighted by Crippen LogP contribution is 2.19. The molecular weight excluding hydrogens is 350 g/mol. The van der Waals surface area contributed by atoms with E-state index in [2.05, 4.69) is 32.5 Å². The lowest BCUT2D eigenvalue weighted by Gasteiger charge is -2.03. The van der Waals surface area contributed by atoms with Crippen LogP contribution in [0.3, 0.4) is 0 Å². The highest BCUT2D eigenvalue weighted by molar-refractivity contribution is 5.89. The van der Waals surface area contributed by atoms with Gasteiger partial charge in [0.1, 0.15) is 0 Å². The number of fused-ring (bicyclic) bond motifs is 1. The predicted octanol–water partition coefficient (Wildman–Crippen LogP) is 3.96. The second kappa shape index (κ2) is 8.52. The summed E-state index contributed by atoms with van der Waals surface area (Å²) in [5, 5.41) is 8.55. The van der Waals surface area contributed by atoms with Crippen LogP contribution in [0.4, 0.5) is 5.82 Å². The van der Waals surface area contributed by atoms with Gasteiger partial charge in [-0.3, -0.25) is 14.5 Å². The number of aromatic amines is 1. The average Bonchev–Trinajstić information content (AvgIpc) is 3.34. The molecule has 0 aliphatic heterocycles. The van der Waals surface area contributed by atoms with Crippen LogP contribution in [0.1, 0.15) is 24.0 Å². The second-order valence-electron chi connectivity index (χ2n) is 6.83. The lowest BCUT2D eigenvalue weighted by molar-refractivity contribution is -0.116. The fourth-order valence-electron chi connectivity index (χ4n) is 3.33. The zero-order chi connectivity index (χ0) is 19.2. The van der Waals surface area contributed by atoms with Gasteiger partial charge in [0.15, 0.2) is 5.82 Å². The molecule has 0 fully saturated rings. The molecule has 1 amide bonds. The van der Waals surface area contributed by atoms with Crippen molar-refractivity contribution >= 4 is 22.6 Å². The topological polar surface area (TPSA) is 75.6 Å². The summed E-state index contributed by atoms with van der Waals surface area (Å²) in [5.74, 6) is 0.603. The number of nitrogens with one attached hydrogen (secondary N) is 2. The van der Waals surface area contributed by atoms with Gasteiger partial charge in [0, 0.05) is 54.7 Å². The fourth-order valence-corrected chi connectivity index (χ4v) is 3.33. The molecule has 0 aliphatic carbocycles. The Balaban J connectivity index is 1.23. The molecular formula is C22H23N5O. The zero-order valence-electron chi connectivity index (χ0n) is 15.6. The first-order chi connectivity index (χ1) is 13.8. The van der Waals surface area contributed by atoms with Gasteiger partial charge in [-0.25, -0.2) is 0 Å². The number of aromatic nitrogens is 4. The number of amides is 1. The number of aryl methyl sites for hydroxylation is 3. The Morgan fingerprint density at radius 3 is 2.82 bits per heavy atom. The molecule has 0 aliphatic rings. The number of anilines is 1. The minimum Gasteiger partial charge on any atom is -0.361 e. The summed E-state index contributed by atoms with van der Waals surface area (Å²) in [6.07, 6.45) is 10.5. The van der Waals surface area contributed by atoms with Crippen LogP contribution in [0.5, 0.6) is 0 Å². The monoisotopic (exact) mass is 373 g/mol. The third-order valence-electron chi connectivity index (χ3n) is 4.81. The minimum atomic E-state index is -0.000718. The Morgan fingerprint density at radius 1 is 1.07 bits per heavy atom. The maximum Gasteiger partial charge on any atom is 0.225 e. The number of hydrogen-bond acceptors (Lipinski definition) is 3. The van der Waals surface area contributed by atoms with Gasteiger partial charge in [-0.15, -0.1) is 0 Å². The molecule has 3 heterocycles. The van der Waals surface area contributed by atoms with E-state index in [1.54, 1.807) is 12.4 Å². The van der Waals surface area contributed by atoms with Gasteiger partial charge in [0.2, 0.25) is 5.91 Å². The molecule has 0 bridgehead atoms. The molecule has 4 aromatic rings. The summed E-state index contributed by atoms with van der Waals surface area (Å²) in [4.78, 5) is 19.5. The number of benzene rings is 1. The number of hydrogen-bond donors (Lipinski definition) is 2. The van der Waals surface area contributed by atoms with E-state index in [1.165, 1.54) is 16.5 Å². The molecule has 28 heavy (non-hydrogen) atoms. The Bertz CT molecular complexity index is 1050. The van der Waals surface area contributed by atoms with Crippen molar-refractivity contribution in [3.63, 3.8) is 0 Å². The fraction of sp³-hybridized carbons (Fsp3) is 0.227. The van der Waals surface area contributed by atoms with Crippen LogP contribution < -0.4 is 5.32 Å². The molecule has 0 unspecified atom stereocenters. The van der Waals surface area contributed by atoms with Gasteiger partial charge < -0.3 is 10.3 Å². The first-order valence-corrected chi connectivity index (χ1v) is 9.55. The highest BCUT2D eigenvalue weighted by atomic mass is 16.1. The van der Waals surface area contributed by atoms with E-state index in [0.29, 0.717) is 12.2 Å². The van der Waals surface area contributed by atoms with Gasteiger partial charge >= 0.3 is 0 Å². The average molecular weight is 373 g/mol. The van der Waals surface area contributed by atoms with E-state index in [1.807, 2.05) is 47.4 Å². The van der Waals surface area contributed by atoms with Gasteiger partial charge in [0.25, 0.3) is 0 Å². The summed E-state index contributed by atoms with van der Waals surface area (Å²) >= 11 is 0. The molecule has 2 N–H and O–H groups in total. The van der Waals surface area contributed by atoms with Crippen molar-refractivity contribution in [2.24, 2.45) is 0 Å². The van der Waals surface area contributed by atoms with E-state index in [4.69, 9.17) is 0 Å². The normalized spacial score (nSPS) is 11.0. The summed E-state index contributed by atoms with van der Waals surface area (Å²) in [5.41, 5.74) is 3.61. The Labute approximate surface area is 163 Å². The Hall–Kier alpha value is -3.41. The van der Waals surface area contributed by atoms with Crippen molar-refractivity contribution in [1.82, 2.24) is 19.7 Å². The molecule has 0 radical (unpaired) electrons. The van der Waals surface area contributed by atoms with Crippen molar-refractivity contribution in [1.29, 1.82) is 0 Å². The number of para-hydroxylation sites is 1. The molecule has 6 heteroatoms. The van der Waals surface area contributed by atoms with E-state index in [0.717, 1.165) is 31.3 Å². The molecule has 1 aromatic carbocycles. The van der Waals surface area contributed by atoms with E-state index < -0.39 is 0 Å². The number of carbonyl (C=O) groups excluding carboxylic acids is 1. The van der Waals surface area contributed by atoms with Crippen molar-refractivity contribution in [3.05, 3.63) is 78.4 Å². The first-order valence-electron chi connectivity index (χ1n) is 9.55. The molecule has 4 rings (SSSR count). The van der Waals surface area contributed by atoms with E-state index in [9.17, 15) is 4.79 Å². The van der Waals surface area contributed by atoms with E-state index in [-0.39, 0.29) is 5.91 Å². The molecule has 0 atom stereocenters. The SMILES string of the molecule is O=C(CCCc1c[nH]c2ccccc12)Nc1ccn(CCc2ccncc2)n1. The van der Waals surface area contributed by atoms with E-state index >= 15 is 0 Å². The van der Waals surface area contributed by atoms with Crippen LogP contribution in [-0.4, -0.2) is 25.7 Å². The third-order valence-corrected chi connectivity index (χ3v) is 4.81. The van der Waals surface area contributed by atoms with Crippen LogP contribution in [-0.2, 0) is 24.2 Å². The lowest BCUT2D eigenvalue weighted by atomic mass is 10.1. The number of carbonyl (C=O) groups is 1. The van der Waals surface area contributed by atoms with Crippen LogP contribution >= 0.6 is 0 Å². The Kier molecular flexibility index (Phi) is 5.47. The largest absolute Gasteiger partial charge is 0.361 e. The summed E-state index contributed by atoms with van der Waals surface area (Å²) in [7, 11) is 0. The van der Waals surface area contributed by atoms with Crippen LogP contribution in [0.15, 0.2) is 67.3 Å². The standard InChI is InChI=1S/C22H23N5O/c28-22(7-3-4-18-16-24-20-6-2-1-5-19(18)20)25-21-11-15-27(26-21)14-10-17-8-12-23-13-9-17/h1-2,5-6,8-9,11-13,15-16,24H,3-4,7,10,14H2,(H,25,26,28). The van der Waals surface area contributed by atoms with Gasteiger partial charge in [0.05, 0.1) is 0 Å². The van der Waals surface area contributed by atoms with Crippen LogP contribution in [0.2, 0.25) is 0 Å². The molecule has 142 valence electrons. The molecule has 3 aromatic heterocycles. The van der Waals surface area contributed by atoms with Crippen molar-refractivity contribution in [3.8, 4) is 0 Å². The maximum atomic E-state index is 12.2. The number of pyridine rings is 1. The summed E-state index contributed by atoms with van der Waals surface area (Å²) < 4.78 is 1.85. The minimum absolute atomic E-state index is 0.000718. The zero-order valence-corrected chi connectivity index (χ0v) is 15.6. The number of rotatable bonds is 8. The molecule has 0 saturated heterocycles. The van der Waals surface area contributed by atoms with Crippen LogP contribution in [0.25, 0.3) is 10.9 Å². The first kappa shape index (κ1) is 18.0. The smallest absolute Gasteiger partial charge is 0.225 e. The van der Waals surface area contributed by atoms with Gasteiger partial charge in [-0.1, -0.05) is 18.2 Å². The van der Waals surface area contributed by atoms with Crippen LogP contribution in [0, 0.1) is 0 Å². The molecule has 0 spiro atoms. The van der Waals surface area contributed by atoms with Crippen molar-refractivity contribution < 1.29 is 4.79 Å². The maximum absolute atomic E-state index is 12.2. The van der Waals surface area contributed by atoms with Crippen molar-refractivity contribution in [2.75, 3.05) is 5.32 Å². The third kappa shape index (κ3) is 4.46. The number of H-pyrrole nitrogens is 1. The number of nitrogens with zero attached hydrogens (tertiary/aromatic N) is 3. The Morgan fingerprint density at radius 2 is 1.93 bits per heavy atom. The molecule has 6 nitrogen and oxygen atoms in total. The highest BCUT2D eigenvalue weighted by Gasteiger charge is 2.07. The predicted molar refractivity (Wildman–Crippen MR) is 110 cm³/mol.